The first-order valence-electron chi connectivity index (χ1n) is 18.9. The SMILES string of the molecule is COc1ccc(CO[C@@H]2C[C@H](O[C@@H]3[C@@H](C)O[C@@H](OC)C[C@H]3OCc3ccccc3)O[C@H](C)[C@H]2OC(=O)c2c(C)c(Cl)c(OCc3ccccc3)c(Cl)c2OC)cc1. The fourth-order valence-corrected chi connectivity index (χ4v) is 7.66. The molecule has 0 amide bonds. The third kappa shape index (κ3) is 10.6. The fourth-order valence-electron chi connectivity index (χ4n) is 7.05. The van der Waals surface area contributed by atoms with E-state index in [9.17, 15) is 4.79 Å². The molecule has 0 spiro atoms. The number of carbonyl (C=O) groups is 1. The van der Waals surface area contributed by atoms with E-state index >= 15 is 0 Å². The zero-order chi connectivity index (χ0) is 40.5. The van der Waals surface area contributed by atoms with Crippen molar-refractivity contribution >= 4 is 29.2 Å². The van der Waals surface area contributed by atoms with Gasteiger partial charge in [0.15, 0.2) is 30.2 Å². The average molecular weight is 826 g/mol. The topological polar surface area (TPSA) is 109 Å². The molecule has 11 nitrogen and oxygen atoms in total. The molecule has 0 radical (unpaired) electrons. The Morgan fingerprint density at radius 3 is 1.81 bits per heavy atom. The minimum Gasteiger partial charge on any atom is -0.497 e. The summed E-state index contributed by atoms with van der Waals surface area (Å²) in [5.74, 6) is 0.289. The molecule has 2 aliphatic rings. The number of halogens is 2. The van der Waals surface area contributed by atoms with Gasteiger partial charge in [0, 0.05) is 20.0 Å². The van der Waals surface area contributed by atoms with Gasteiger partial charge < -0.3 is 47.4 Å². The molecular weight excluding hydrogens is 775 g/mol. The molecule has 2 heterocycles. The van der Waals surface area contributed by atoms with Crippen LogP contribution in [0.2, 0.25) is 10.0 Å². The molecule has 0 unspecified atom stereocenters. The van der Waals surface area contributed by atoms with Crippen molar-refractivity contribution in [3.63, 3.8) is 0 Å². The Kier molecular flexibility index (Phi) is 15.1. The van der Waals surface area contributed by atoms with E-state index in [-0.39, 0.29) is 59.0 Å². The summed E-state index contributed by atoms with van der Waals surface area (Å²) in [5.41, 5.74) is 3.30. The Balaban J connectivity index is 1.22. The maximum absolute atomic E-state index is 14.2. The van der Waals surface area contributed by atoms with Crippen LogP contribution in [0.3, 0.4) is 0 Å². The van der Waals surface area contributed by atoms with E-state index in [1.54, 1.807) is 21.1 Å². The van der Waals surface area contributed by atoms with Crippen molar-refractivity contribution in [1.29, 1.82) is 0 Å². The molecule has 0 aromatic heterocycles. The van der Waals surface area contributed by atoms with Gasteiger partial charge in [0.2, 0.25) is 0 Å². The van der Waals surface area contributed by atoms with E-state index in [0.717, 1.165) is 22.4 Å². The van der Waals surface area contributed by atoms with E-state index in [1.807, 2.05) is 98.8 Å². The summed E-state index contributed by atoms with van der Waals surface area (Å²) >= 11 is 13.6. The number of benzene rings is 4. The number of rotatable bonds is 16. The second-order valence-corrected chi connectivity index (χ2v) is 14.8. The van der Waals surface area contributed by atoms with Crippen LogP contribution in [0.4, 0.5) is 0 Å². The van der Waals surface area contributed by atoms with Gasteiger partial charge in [-0.15, -0.1) is 0 Å². The van der Waals surface area contributed by atoms with Crippen LogP contribution in [0.5, 0.6) is 17.2 Å². The van der Waals surface area contributed by atoms with Crippen molar-refractivity contribution in [1.82, 2.24) is 0 Å². The number of hydrogen-bond donors (Lipinski definition) is 0. The zero-order valence-corrected chi connectivity index (χ0v) is 34.5. The Bertz CT molecular complexity index is 1900. The molecule has 13 heteroatoms. The highest BCUT2D eigenvalue weighted by Gasteiger charge is 2.45. The van der Waals surface area contributed by atoms with Gasteiger partial charge in [-0.3, -0.25) is 0 Å². The highest BCUT2D eigenvalue weighted by molar-refractivity contribution is 6.39. The van der Waals surface area contributed by atoms with E-state index in [4.69, 9.17) is 70.6 Å². The molecule has 0 saturated carbocycles. The van der Waals surface area contributed by atoms with Crippen molar-refractivity contribution < 1.29 is 52.2 Å². The highest BCUT2D eigenvalue weighted by Crippen LogP contribution is 2.46. The predicted octanol–water partition coefficient (Wildman–Crippen LogP) is 8.90. The van der Waals surface area contributed by atoms with Gasteiger partial charge >= 0.3 is 5.97 Å². The van der Waals surface area contributed by atoms with E-state index < -0.39 is 43.0 Å². The lowest BCUT2D eigenvalue weighted by Crippen LogP contribution is -2.55. The van der Waals surface area contributed by atoms with Crippen LogP contribution in [0.15, 0.2) is 84.9 Å². The van der Waals surface area contributed by atoms with Gasteiger partial charge in [0.25, 0.3) is 0 Å². The monoisotopic (exact) mass is 824 g/mol. The van der Waals surface area contributed by atoms with Crippen molar-refractivity contribution in [2.24, 2.45) is 0 Å². The quantitative estimate of drug-likeness (QED) is 0.101. The minimum atomic E-state index is -0.866. The molecule has 4 aromatic carbocycles. The molecule has 0 aliphatic carbocycles. The molecule has 306 valence electrons. The second kappa shape index (κ2) is 20.2. The second-order valence-electron chi connectivity index (χ2n) is 14.0. The summed E-state index contributed by atoms with van der Waals surface area (Å²) in [7, 11) is 4.64. The van der Waals surface area contributed by atoms with E-state index in [1.165, 1.54) is 7.11 Å². The molecule has 4 aromatic rings. The van der Waals surface area contributed by atoms with Crippen LogP contribution in [0.25, 0.3) is 0 Å². The highest BCUT2D eigenvalue weighted by atomic mass is 35.5. The molecule has 2 aliphatic heterocycles. The summed E-state index contributed by atoms with van der Waals surface area (Å²) < 4.78 is 61.1. The Labute approximate surface area is 344 Å². The lowest BCUT2D eigenvalue weighted by molar-refractivity contribution is -0.316. The third-order valence-corrected chi connectivity index (χ3v) is 10.9. The summed E-state index contributed by atoms with van der Waals surface area (Å²) in [4.78, 5) is 14.2. The summed E-state index contributed by atoms with van der Waals surface area (Å²) in [6, 6.07) is 27.1. The predicted molar refractivity (Wildman–Crippen MR) is 214 cm³/mol. The lowest BCUT2D eigenvalue weighted by Gasteiger charge is -2.44. The summed E-state index contributed by atoms with van der Waals surface area (Å²) in [6.07, 6.45) is -3.98. The van der Waals surface area contributed by atoms with E-state index in [2.05, 4.69) is 0 Å². The van der Waals surface area contributed by atoms with Crippen LogP contribution in [-0.2, 0) is 53.0 Å². The first-order valence-corrected chi connectivity index (χ1v) is 19.7. The van der Waals surface area contributed by atoms with Crippen molar-refractivity contribution in [2.75, 3.05) is 21.3 Å². The standard InChI is InChI=1S/C44H50Cl2O11/c1-26-37(42(50-6)39(46)43(38(26)45)53-25-30-15-11-8-12-16-30)44(47)57-41-28(3)55-36(22-34(41)52-24-31-17-19-32(48-4)20-18-31)56-40-27(2)54-35(49-5)21-33(40)51-23-29-13-9-7-10-14-29/h7-20,27-28,33-36,40-41H,21-25H2,1-6H3/t27-,28-,33-,34-,35-,36+,40-,41-/m1/s1. The fraction of sp³-hybridized carbons (Fsp3) is 0.432. The maximum atomic E-state index is 14.2. The van der Waals surface area contributed by atoms with Crippen LogP contribution in [0.1, 0.15) is 59.3 Å². The Morgan fingerprint density at radius 2 is 1.21 bits per heavy atom. The Hall–Kier alpha value is -3.91. The van der Waals surface area contributed by atoms with Crippen molar-refractivity contribution in [3.8, 4) is 17.2 Å². The third-order valence-electron chi connectivity index (χ3n) is 10.1. The van der Waals surface area contributed by atoms with Crippen LogP contribution >= 0.6 is 23.2 Å². The maximum Gasteiger partial charge on any atom is 0.342 e. The van der Waals surface area contributed by atoms with Crippen LogP contribution in [0, 0.1) is 6.92 Å². The van der Waals surface area contributed by atoms with Gasteiger partial charge in [-0.25, -0.2) is 4.79 Å². The zero-order valence-electron chi connectivity index (χ0n) is 33.0. The van der Waals surface area contributed by atoms with Gasteiger partial charge in [-0.1, -0.05) is 96.0 Å². The number of ether oxygens (including phenoxy) is 10. The largest absolute Gasteiger partial charge is 0.497 e. The first-order chi connectivity index (χ1) is 27.6. The van der Waals surface area contributed by atoms with Gasteiger partial charge in [-0.2, -0.15) is 0 Å². The molecule has 2 fully saturated rings. The van der Waals surface area contributed by atoms with Crippen LogP contribution < -0.4 is 14.2 Å². The minimum absolute atomic E-state index is 0.0493. The molecule has 0 N–H and O–H groups in total. The number of carbonyl (C=O) groups excluding carboxylic acids is 1. The van der Waals surface area contributed by atoms with Gasteiger partial charge in [0.1, 0.15) is 35.2 Å². The number of hydrogen-bond acceptors (Lipinski definition) is 11. The number of esters is 1. The average Bonchev–Trinajstić information content (AvgIpc) is 3.23. The first kappa shape index (κ1) is 42.7. The molecule has 6 rings (SSSR count). The molecule has 2 saturated heterocycles. The smallest absolute Gasteiger partial charge is 0.342 e. The summed E-state index contributed by atoms with van der Waals surface area (Å²) in [6.45, 7) is 6.24. The normalized spacial score (nSPS) is 24.8. The summed E-state index contributed by atoms with van der Waals surface area (Å²) in [5, 5.41) is 0.217. The van der Waals surface area contributed by atoms with Gasteiger partial charge in [0.05, 0.1) is 50.8 Å². The Morgan fingerprint density at radius 1 is 0.667 bits per heavy atom. The lowest BCUT2D eigenvalue weighted by atomic mass is 9.99. The van der Waals surface area contributed by atoms with Gasteiger partial charge in [-0.05, 0) is 55.2 Å². The van der Waals surface area contributed by atoms with Crippen molar-refractivity contribution in [3.05, 3.63) is 123 Å². The number of methoxy groups -OCH3 is 3. The van der Waals surface area contributed by atoms with Crippen molar-refractivity contribution in [2.45, 2.75) is 103 Å². The molecule has 8 atom stereocenters. The van der Waals surface area contributed by atoms with E-state index in [0.29, 0.717) is 18.6 Å². The van der Waals surface area contributed by atoms with Crippen LogP contribution in [-0.4, -0.2) is 76.5 Å². The molecular formula is C44H50Cl2O11. The molecule has 0 bridgehead atoms. The molecule has 57 heavy (non-hydrogen) atoms.